The highest BCUT2D eigenvalue weighted by Crippen LogP contribution is 2.27. The minimum Gasteiger partial charge on any atom is -0.480 e. The summed E-state index contributed by atoms with van der Waals surface area (Å²) in [5, 5.41) is 14.9. The normalized spacial score (nSPS) is 15.9. The summed E-state index contributed by atoms with van der Waals surface area (Å²) in [5.41, 5.74) is 1.77. The summed E-state index contributed by atoms with van der Waals surface area (Å²) in [7, 11) is 0. The van der Waals surface area contributed by atoms with Gasteiger partial charge in [-0.3, -0.25) is 9.69 Å². The Morgan fingerprint density at radius 3 is 2.65 bits per heavy atom. The van der Waals surface area contributed by atoms with Gasteiger partial charge in [0.2, 0.25) is 11.9 Å². The van der Waals surface area contributed by atoms with Crippen LogP contribution in [0.1, 0.15) is 26.7 Å². The van der Waals surface area contributed by atoms with Crippen LogP contribution in [-0.4, -0.2) is 63.2 Å². The molecule has 1 aliphatic rings. The molecule has 0 radical (unpaired) electrons. The first-order valence-corrected chi connectivity index (χ1v) is 11.8. The van der Waals surface area contributed by atoms with E-state index >= 15 is 0 Å². The highest BCUT2D eigenvalue weighted by Gasteiger charge is 2.33. The van der Waals surface area contributed by atoms with Gasteiger partial charge in [0.15, 0.2) is 0 Å². The Morgan fingerprint density at radius 1 is 1.23 bits per heavy atom. The molecule has 1 aromatic heterocycles. The number of aliphatic carboxylic acids is 1. The molecule has 2 aromatic rings. The van der Waals surface area contributed by atoms with Gasteiger partial charge in [0.25, 0.3) is 0 Å². The Morgan fingerprint density at radius 2 is 1.97 bits per heavy atom. The molecule has 0 aliphatic carbocycles. The van der Waals surface area contributed by atoms with Crippen molar-refractivity contribution in [3.8, 4) is 0 Å². The molecule has 10 heteroatoms. The van der Waals surface area contributed by atoms with E-state index in [0.717, 1.165) is 11.0 Å². The van der Waals surface area contributed by atoms with Gasteiger partial charge in [-0.05, 0) is 36.5 Å². The summed E-state index contributed by atoms with van der Waals surface area (Å²) in [5.74, 6) is -0.589. The fraction of sp³-hybridized carbons (Fsp3) is 0.524. The Balaban J connectivity index is 1.74. The zero-order chi connectivity index (χ0) is 22.5. The summed E-state index contributed by atoms with van der Waals surface area (Å²) < 4.78 is 1.98. The van der Waals surface area contributed by atoms with E-state index < -0.39 is 30.0 Å². The highest BCUT2D eigenvalue weighted by molar-refractivity contribution is 7.98. The minimum atomic E-state index is -1.08. The number of fused-ring (bicyclic) bond motifs is 3. The van der Waals surface area contributed by atoms with Crippen molar-refractivity contribution in [3.63, 3.8) is 0 Å². The van der Waals surface area contributed by atoms with E-state index in [9.17, 15) is 19.5 Å². The number of amides is 3. The molecule has 0 saturated heterocycles. The smallest absolute Gasteiger partial charge is 0.326 e. The van der Waals surface area contributed by atoms with Crippen molar-refractivity contribution in [2.75, 3.05) is 23.5 Å². The largest absolute Gasteiger partial charge is 0.480 e. The van der Waals surface area contributed by atoms with Gasteiger partial charge < -0.3 is 20.3 Å². The van der Waals surface area contributed by atoms with Gasteiger partial charge in [-0.1, -0.05) is 32.4 Å². The first kappa shape index (κ1) is 22.9. The third-order valence-corrected chi connectivity index (χ3v) is 6.31. The van der Waals surface area contributed by atoms with E-state index in [1.54, 1.807) is 18.7 Å². The molecular weight excluding hydrogens is 418 g/mol. The minimum absolute atomic E-state index is 0.225. The molecule has 0 fully saturated rings. The topological polar surface area (TPSA) is 117 Å². The maximum absolute atomic E-state index is 13.0. The zero-order valence-corrected chi connectivity index (χ0v) is 18.8. The molecule has 3 N–H and O–H groups in total. The summed E-state index contributed by atoms with van der Waals surface area (Å²) in [4.78, 5) is 43.6. The van der Waals surface area contributed by atoms with E-state index in [1.807, 2.05) is 42.0 Å². The number of carboxylic acids is 1. The number of nitrogens with one attached hydrogen (secondary N) is 2. The average Bonchev–Trinajstić information content (AvgIpc) is 3.33. The van der Waals surface area contributed by atoms with Crippen LogP contribution in [0.2, 0.25) is 0 Å². The zero-order valence-electron chi connectivity index (χ0n) is 18.0. The molecule has 1 aliphatic heterocycles. The van der Waals surface area contributed by atoms with Gasteiger partial charge in [-0.15, -0.1) is 0 Å². The third kappa shape index (κ3) is 4.95. The van der Waals surface area contributed by atoms with Crippen molar-refractivity contribution in [2.24, 2.45) is 5.92 Å². The number of hydrogen-bond acceptors (Lipinski definition) is 5. The number of thioether (sulfide) groups is 1. The van der Waals surface area contributed by atoms with Crippen LogP contribution in [0.5, 0.6) is 0 Å². The van der Waals surface area contributed by atoms with E-state index in [4.69, 9.17) is 0 Å². The van der Waals surface area contributed by atoms with Gasteiger partial charge in [0.05, 0.1) is 11.0 Å². The predicted octanol–water partition coefficient (Wildman–Crippen LogP) is 2.30. The molecule has 3 amide bonds. The monoisotopic (exact) mass is 447 g/mol. The molecule has 168 valence electrons. The number of nitrogens with zero attached hydrogens (tertiary/aromatic N) is 3. The molecule has 0 spiro atoms. The maximum atomic E-state index is 13.0. The first-order chi connectivity index (χ1) is 14.9. The van der Waals surface area contributed by atoms with Crippen LogP contribution >= 0.6 is 11.8 Å². The first-order valence-electron chi connectivity index (χ1n) is 10.4. The van der Waals surface area contributed by atoms with Crippen molar-refractivity contribution >= 4 is 46.7 Å². The second-order valence-electron chi connectivity index (χ2n) is 7.70. The lowest BCUT2D eigenvalue weighted by molar-refractivity contribution is -0.143. The van der Waals surface area contributed by atoms with Gasteiger partial charge in [-0.25, -0.2) is 14.6 Å². The number of carboxylic acid groups (broad SMARTS) is 1. The maximum Gasteiger partial charge on any atom is 0.326 e. The number of carbonyl (C=O) groups excluding carboxylic acids is 2. The van der Waals surface area contributed by atoms with Crippen LogP contribution in [0.15, 0.2) is 24.3 Å². The fourth-order valence-electron chi connectivity index (χ4n) is 3.65. The lowest BCUT2D eigenvalue weighted by atomic mass is 9.99. The second-order valence-corrected chi connectivity index (χ2v) is 8.68. The van der Waals surface area contributed by atoms with E-state index in [2.05, 4.69) is 15.6 Å². The van der Waals surface area contributed by atoms with E-state index in [1.165, 1.54) is 4.90 Å². The Bertz CT molecular complexity index is 962. The summed E-state index contributed by atoms with van der Waals surface area (Å²) >= 11 is 1.56. The fourth-order valence-corrected chi connectivity index (χ4v) is 4.12. The van der Waals surface area contributed by atoms with Crippen LogP contribution in [0.3, 0.4) is 0 Å². The lowest BCUT2D eigenvalue weighted by Gasteiger charge is -2.25. The Hall–Kier alpha value is -2.75. The van der Waals surface area contributed by atoms with Crippen molar-refractivity contribution in [2.45, 2.75) is 45.3 Å². The summed E-state index contributed by atoms with van der Waals surface area (Å²) in [6.07, 6.45) is 2.93. The molecule has 31 heavy (non-hydrogen) atoms. The number of aromatic nitrogens is 2. The second kappa shape index (κ2) is 10.0. The van der Waals surface area contributed by atoms with E-state index in [-0.39, 0.29) is 5.92 Å². The van der Waals surface area contributed by atoms with Crippen molar-refractivity contribution in [1.29, 1.82) is 0 Å². The van der Waals surface area contributed by atoms with Crippen LogP contribution in [0.4, 0.5) is 10.7 Å². The SMILES string of the molecule is CC[C@H](C)[C@H](NC(=O)[C@H](CCSC)NC(=O)N1CCn2c1nc1ccccc12)C(=O)O. The molecule has 3 atom stereocenters. The number of urea groups is 1. The van der Waals surface area contributed by atoms with Crippen LogP contribution < -0.4 is 15.5 Å². The molecule has 0 unspecified atom stereocenters. The van der Waals surface area contributed by atoms with Gasteiger partial charge >= 0.3 is 12.0 Å². The number of para-hydroxylation sites is 2. The molecule has 0 bridgehead atoms. The average molecular weight is 448 g/mol. The van der Waals surface area contributed by atoms with Crippen molar-refractivity contribution in [3.05, 3.63) is 24.3 Å². The van der Waals surface area contributed by atoms with Crippen LogP contribution in [0.25, 0.3) is 11.0 Å². The Labute approximate surface area is 185 Å². The Kier molecular flexibility index (Phi) is 7.42. The van der Waals surface area contributed by atoms with Crippen molar-refractivity contribution in [1.82, 2.24) is 20.2 Å². The number of anilines is 1. The van der Waals surface area contributed by atoms with Gasteiger partial charge in [0.1, 0.15) is 12.1 Å². The van der Waals surface area contributed by atoms with Crippen molar-refractivity contribution < 1.29 is 19.5 Å². The number of rotatable bonds is 9. The number of carbonyl (C=O) groups is 3. The third-order valence-electron chi connectivity index (χ3n) is 5.67. The molecular formula is C21H29N5O4S. The quantitative estimate of drug-likeness (QED) is 0.543. The highest BCUT2D eigenvalue weighted by atomic mass is 32.2. The molecule has 0 saturated carbocycles. The molecule has 1 aromatic carbocycles. The molecule has 2 heterocycles. The summed E-state index contributed by atoms with van der Waals surface area (Å²) in [6.45, 7) is 4.74. The summed E-state index contributed by atoms with van der Waals surface area (Å²) in [6, 6.07) is 5.44. The van der Waals surface area contributed by atoms with Crippen LogP contribution in [0, 0.1) is 5.92 Å². The van der Waals surface area contributed by atoms with Gasteiger partial charge in [0, 0.05) is 13.1 Å². The predicted molar refractivity (Wildman–Crippen MR) is 121 cm³/mol. The molecule has 3 rings (SSSR count). The number of imidazole rings is 1. The van der Waals surface area contributed by atoms with Crippen LogP contribution in [-0.2, 0) is 16.1 Å². The number of benzene rings is 1. The van der Waals surface area contributed by atoms with E-state index in [0.29, 0.717) is 37.6 Å². The standard InChI is InChI=1S/C21H29N5O4S/c1-4-13(2)17(19(28)29)24-18(27)15(9-12-31-3)23-21(30)26-11-10-25-16-8-6-5-7-14(16)22-20(25)26/h5-8,13,15,17H,4,9-12H2,1-3H3,(H,23,30)(H,24,27)(H,28,29)/t13-,15-,17-/m0/s1. The number of hydrogen-bond donors (Lipinski definition) is 3. The lowest BCUT2D eigenvalue weighted by Crippen LogP contribution is -2.55. The molecule has 9 nitrogen and oxygen atoms in total. The van der Waals surface area contributed by atoms with Gasteiger partial charge in [-0.2, -0.15) is 11.8 Å².